The van der Waals surface area contributed by atoms with Crippen LogP contribution in [0.4, 0.5) is 15.2 Å². The number of fused-ring (bicyclic) bond motifs is 1. The van der Waals surface area contributed by atoms with Gasteiger partial charge in [-0.25, -0.2) is 14.4 Å². The van der Waals surface area contributed by atoms with Crippen molar-refractivity contribution in [3.05, 3.63) is 58.4 Å². The second kappa shape index (κ2) is 11.8. The molecule has 0 amide bonds. The highest BCUT2D eigenvalue weighted by molar-refractivity contribution is 7.14. The number of anilines is 2. The summed E-state index contributed by atoms with van der Waals surface area (Å²) in [7, 11) is 0. The molecule has 6 rings (SSSR count). The molecule has 0 spiro atoms. The van der Waals surface area contributed by atoms with Crippen LogP contribution >= 0.6 is 22.9 Å². The van der Waals surface area contributed by atoms with Gasteiger partial charge in [-0.2, -0.15) is 0 Å². The lowest BCUT2D eigenvalue weighted by Gasteiger charge is -2.29. The molecular formula is C29H33ClFN5O2S. The van der Waals surface area contributed by atoms with E-state index in [1.807, 2.05) is 11.4 Å². The maximum absolute atomic E-state index is 13.4. The summed E-state index contributed by atoms with van der Waals surface area (Å²) in [4.78, 5) is 14.8. The van der Waals surface area contributed by atoms with E-state index in [0.717, 1.165) is 89.4 Å². The Hall–Kier alpha value is -2.72. The highest BCUT2D eigenvalue weighted by Crippen LogP contribution is 2.41. The van der Waals surface area contributed by atoms with Crippen LogP contribution in [-0.4, -0.2) is 52.7 Å². The quantitative estimate of drug-likeness (QED) is 0.180. The predicted molar refractivity (Wildman–Crippen MR) is 155 cm³/mol. The molecule has 2 aromatic heterocycles. The van der Waals surface area contributed by atoms with Crippen molar-refractivity contribution in [1.29, 1.82) is 0 Å². The summed E-state index contributed by atoms with van der Waals surface area (Å²) in [5, 5.41) is 12.8. The van der Waals surface area contributed by atoms with Gasteiger partial charge in [0.15, 0.2) is 5.13 Å². The van der Waals surface area contributed by atoms with Crippen LogP contribution in [0, 0.1) is 5.82 Å². The number of halogens is 2. The SMILES string of the molecule is OCOCCCn1c(C2CCCN2c2nc(-c3ccc(F)cc3)cs2)nc2cc(Cl)c(N3CCCCC3)cc21. The molecule has 4 heterocycles. The predicted octanol–water partition coefficient (Wildman–Crippen LogP) is 6.64. The Morgan fingerprint density at radius 1 is 1.05 bits per heavy atom. The van der Waals surface area contributed by atoms with Gasteiger partial charge in [-0.15, -0.1) is 11.3 Å². The Morgan fingerprint density at radius 3 is 2.67 bits per heavy atom. The van der Waals surface area contributed by atoms with Gasteiger partial charge in [0.25, 0.3) is 0 Å². The van der Waals surface area contributed by atoms with Gasteiger partial charge >= 0.3 is 0 Å². The Bertz CT molecular complexity index is 1420. The zero-order valence-electron chi connectivity index (χ0n) is 21.9. The Morgan fingerprint density at radius 2 is 1.87 bits per heavy atom. The summed E-state index contributed by atoms with van der Waals surface area (Å²) in [5.74, 6) is 0.762. The van der Waals surface area contributed by atoms with Crippen molar-refractivity contribution in [1.82, 2.24) is 14.5 Å². The van der Waals surface area contributed by atoms with E-state index >= 15 is 0 Å². The molecule has 39 heavy (non-hydrogen) atoms. The second-order valence-corrected chi connectivity index (χ2v) is 11.5. The van der Waals surface area contributed by atoms with Crippen LogP contribution in [0.15, 0.2) is 41.8 Å². The first kappa shape index (κ1) is 26.5. The highest BCUT2D eigenvalue weighted by Gasteiger charge is 2.33. The number of aromatic nitrogens is 3. The van der Waals surface area contributed by atoms with Crippen LogP contribution in [0.2, 0.25) is 5.02 Å². The number of ether oxygens (including phenoxy) is 1. The number of rotatable bonds is 9. The van der Waals surface area contributed by atoms with E-state index in [1.165, 1.54) is 31.4 Å². The molecule has 206 valence electrons. The van der Waals surface area contributed by atoms with Gasteiger partial charge in [0, 0.05) is 37.1 Å². The molecule has 1 unspecified atom stereocenters. The largest absolute Gasteiger partial charge is 0.371 e. The second-order valence-electron chi connectivity index (χ2n) is 10.2. The Kier molecular flexibility index (Phi) is 8.02. The smallest absolute Gasteiger partial charge is 0.186 e. The number of imidazole rings is 1. The molecule has 2 aliphatic heterocycles. The first-order chi connectivity index (χ1) is 19.1. The lowest BCUT2D eigenvalue weighted by molar-refractivity contribution is -0.00325. The minimum atomic E-state index is -0.275. The number of aliphatic hydroxyl groups excluding tert-OH is 1. The summed E-state index contributed by atoms with van der Waals surface area (Å²) in [6.45, 7) is 3.88. The molecule has 2 aromatic carbocycles. The van der Waals surface area contributed by atoms with Gasteiger partial charge in [-0.1, -0.05) is 11.6 Å². The van der Waals surface area contributed by atoms with Crippen molar-refractivity contribution in [2.45, 2.75) is 51.1 Å². The van der Waals surface area contributed by atoms with E-state index in [9.17, 15) is 4.39 Å². The van der Waals surface area contributed by atoms with Gasteiger partial charge < -0.3 is 24.2 Å². The summed E-state index contributed by atoms with van der Waals surface area (Å²) < 4.78 is 21.0. The van der Waals surface area contributed by atoms with E-state index in [0.29, 0.717) is 6.61 Å². The number of nitrogens with zero attached hydrogens (tertiary/aromatic N) is 5. The van der Waals surface area contributed by atoms with Crippen molar-refractivity contribution >= 4 is 44.8 Å². The molecule has 0 radical (unpaired) electrons. The van der Waals surface area contributed by atoms with Crippen molar-refractivity contribution in [2.75, 3.05) is 42.8 Å². The van der Waals surface area contributed by atoms with E-state index in [4.69, 9.17) is 31.4 Å². The minimum Gasteiger partial charge on any atom is -0.371 e. The molecule has 2 saturated heterocycles. The van der Waals surface area contributed by atoms with Gasteiger partial charge in [0.1, 0.15) is 18.4 Å². The Balaban J connectivity index is 1.35. The number of aryl methyl sites for hydroxylation is 1. The van der Waals surface area contributed by atoms with Crippen LogP contribution in [0.3, 0.4) is 0 Å². The van der Waals surface area contributed by atoms with E-state index in [-0.39, 0.29) is 18.7 Å². The number of hydrogen-bond donors (Lipinski definition) is 1. The first-order valence-corrected chi connectivity index (χ1v) is 15.0. The van der Waals surface area contributed by atoms with Crippen molar-refractivity contribution in [3.63, 3.8) is 0 Å². The van der Waals surface area contributed by atoms with Crippen molar-refractivity contribution in [2.24, 2.45) is 0 Å². The van der Waals surface area contributed by atoms with E-state index < -0.39 is 0 Å². The van der Waals surface area contributed by atoms with Gasteiger partial charge in [-0.05, 0) is 74.9 Å². The van der Waals surface area contributed by atoms with Crippen LogP contribution in [0.1, 0.15) is 50.4 Å². The standard InChI is InChI=1S/C29H33ClFN5O2S/c30-22-16-23-27(17-26(22)34-11-2-1-3-12-34)35(14-5-15-38-19-37)28(32-23)25-6-4-13-36(25)29-33-24(18-39-29)20-7-9-21(31)10-8-20/h7-10,16-18,25,37H,1-6,11-15,19H2. The maximum atomic E-state index is 13.4. The molecule has 2 aliphatic rings. The molecule has 1 N–H and O–H groups in total. The summed E-state index contributed by atoms with van der Waals surface area (Å²) in [6, 6.07) is 10.8. The van der Waals surface area contributed by atoms with E-state index in [2.05, 4.69) is 20.4 Å². The molecule has 1 atom stereocenters. The van der Waals surface area contributed by atoms with E-state index in [1.54, 1.807) is 23.5 Å². The summed E-state index contributed by atoms with van der Waals surface area (Å²) >= 11 is 8.43. The topological polar surface area (TPSA) is 66.7 Å². The molecule has 2 fully saturated rings. The fraction of sp³-hybridized carbons (Fsp3) is 0.448. The monoisotopic (exact) mass is 569 g/mol. The molecule has 4 aromatic rings. The molecule has 7 nitrogen and oxygen atoms in total. The number of thiazole rings is 1. The summed E-state index contributed by atoms with van der Waals surface area (Å²) in [5.41, 5.74) is 4.82. The van der Waals surface area contributed by atoms with Crippen LogP contribution in [-0.2, 0) is 11.3 Å². The van der Waals surface area contributed by atoms with Gasteiger partial charge in [0.2, 0.25) is 0 Å². The number of benzene rings is 2. The van der Waals surface area contributed by atoms with Crippen LogP contribution in [0.25, 0.3) is 22.3 Å². The maximum Gasteiger partial charge on any atom is 0.186 e. The third-order valence-electron chi connectivity index (χ3n) is 7.73. The first-order valence-electron chi connectivity index (χ1n) is 13.7. The molecule has 0 saturated carbocycles. The Labute approximate surface area is 236 Å². The average Bonchev–Trinajstić information content (AvgIpc) is 3.70. The third kappa shape index (κ3) is 5.50. The average molecular weight is 570 g/mol. The molecule has 0 aliphatic carbocycles. The highest BCUT2D eigenvalue weighted by atomic mass is 35.5. The number of piperidine rings is 1. The van der Waals surface area contributed by atoms with Crippen LogP contribution in [0.5, 0.6) is 0 Å². The molecular weight excluding hydrogens is 537 g/mol. The van der Waals surface area contributed by atoms with Gasteiger partial charge in [0.05, 0.1) is 40.1 Å². The van der Waals surface area contributed by atoms with Crippen LogP contribution < -0.4 is 9.80 Å². The fourth-order valence-corrected chi connectivity index (χ4v) is 7.01. The zero-order valence-corrected chi connectivity index (χ0v) is 23.4. The zero-order chi connectivity index (χ0) is 26.8. The molecule has 0 bridgehead atoms. The van der Waals surface area contributed by atoms with Gasteiger partial charge in [-0.3, -0.25) is 0 Å². The summed E-state index contributed by atoms with van der Waals surface area (Å²) in [6.07, 6.45) is 6.42. The van der Waals surface area contributed by atoms with Crippen molar-refractivity contribution in [3.8, 4) is 11.3 Å². The van der Waals surface area contributed by atoms with Crippen molar-refractivity contribution < 1.29 is 14.2 Å². The lowest BCUT2D eigenvalue weighted by Crippen LogP contribution is -2.29. The third-order valence-corrected chi connectivity index (χ3v) is 8.91. The fourth-order valence-electron chi connectivity index (χ4n) is 5.82. The number of aliphatic hydroxyl groups is 1. The lowest BCUT2D eigenvalue weighted by atomic mass is 10.1. The minimum absolute atomic E-state index is 0.0839. The normalized spacial score (nSPS) is 18.0. The molecule has 10 heteroatoms. The number of hydrogen-bond acceptors (Lipinski definition) is 7.